The zero-order valence-electron chi connectivity index (χ0n) is 22.4. The fourth-order valence-corrected chi connectivity index (χ4v) is 11.1. The molecule has 5 rings (SSSR count). The number of rotatable bonds is 6. The Morgan fingerprint density at radius 3 is 2.33 bits per heavy atom. The van der Waals surface area contributed by atoms with E-state index in [-0.39, 0.29) is 17.9 Å². The molecular formula is C31H50O2. The molecule has 33 heavy (non-hydrogen) atoms. The van der Waals surface area contributed by atoms with Crippen molar-refractivity contribution >= 4 is 5.78 Å². The Kier molecular flexibility index (Phi) is 5.43. The SMILES string of the molecule is C=C(CC[C@@H](C)C1CC[C@@]2(C)C3CCC4C(C)(C)C(=O)CC[C@@]45C[C@@]35CC[C@]12C)[C@H](C)CO. The second kappa shape index (κ2) is 7.44. The summed E-state index contributed by atoms with van der Waals surface area (Å²) >= 11 is 0. The molecule has 0 saturated heterocycles. The Hall–Kier alpha value is -0.630. The first kappa shape index (κ1) is 24.1. The van der Waals surface area contributed by atoms with Gasteiger partial charge in [-0.25, -0.2) is 0 Å². The summed E-state index contributed by atoms with van der Waals surface area (Å²) < 4.78 is 0. The van der Waals surface area contributed by atoms with Crippen molar-refractivity contribution < 1.29 is 9.90 Å². The van der Waals surface area contributed by atoms with Crippen molar-refractivity contribution in [2.24, 2.45) is 56.7 Å². The molecule has 0 aromatic carbocycles. The van der Waals surface area contributed by atoms with Gasteiger partial charge in [-0.2, -0.15) is 0 Å². The molecule has 3 unspecified atom stereocenters. The summed E-state index contributed by atoms with van der Waals surface area (Å²) in [6.07, 6.45) is 14.0. The minimum Gasteiger partial charge on any atom is -0.396 e. The molecule has 0 aromatic heterocycles. The number of fused-ring (bicyclic) bond motifs is 2. The monoisotopic (exact) mass is 454 g/mol. The maximum Gasteiger partial charge on any atom is 0.138 e. The minimum absolute atomic E-state index is 0.102. The van der Waals surface area contributed by atoms with Crippen molar-refractivity contribution in [2.75, 3.05) is 6.61 Å². The van der Waals surface area contributed by atoms with Gasteiger partial charge in [-0.3, -0.25) is 4.79 Å². The molecule has 2 spiro atoms. The first-order valence-electron chi connectivity index (χ1n) is 14.2. The Bertz CT molecular complexity index is 842. The van der Waals surface area contributed by atoms with Crippen molar-refractivity contribution in [3.8, 4) is 0 Å². The lowest BCUT2D eigenvalue weighted by Crippen LogP contribution is -2.57. The van der Waals surface area contributed by atoms with Crippen LogP contribution in [0.5, 0.6) is 0 Å². The highest BCUT2D eigenvalue weighted by Gasteiger charge is 2.82. The lowest BCUT2D eigenvalue weighted by molar-refractivity contribution is -0.157. The minimum atomic E-state index is -0.102. The van der Waals surface area contributed by atoms with Gasteiger partial charge in [0.1, 0.15) is 5.78 Å². The Balaban J connectivity index is 1.37. The van der Waals surface area contributed by atoms with E-state index in [2.05, 4.69) is 48.1 Å². The highest BCUT2D eigenvalue weighted by Crippen LogP contribution is 2.88. The molecular weight excluding hydrogens is 404 g/mol. The predicted molar refractivity (Wildman–Crippen MR) is 136 cm³/mol. The van der Waals surface area contributed by atoms with E-state index in [1.165, 1.54) is 63.4 Å². The number of carbonyl (C=O) groups is 1. The molecule has 0 aliphatic heterocycles. The molecule has 5 aliphatic carbocycles. The molecule has 1 N–H and O–H groups in total. The largest absolute Gasteiger partial charge is 0.396 e. The number of carbonyl (C=O) groups excluding carboxylic acids is 1. The van der Waals surface area contributed by atoms with Crippen LogP contribution in [0.15, 0.2) is 12.2 Å². The first-order valence-corrected chi connectivity index (χ1v) is 14.2. The maximum absolute atomic E-state index is 12.9. The van der Waals surface area contributed by atoms with Gasteiger partial charge < -0.3 is 5.11 Å². The van der Waals surface area contributed by atoms with Crippen LogP contribution in [0.2, 0.25) is 0 Å². The molecule has 0 radical (unpaired) electrons. The van der Waals surface area contributed by atoms with E-state index in [9.17, 15) is 9.90 Å². The number of hydrogen-bond donors (Lipinski definition) is 1. The number of aliphatic hydroxyl groups excluding tert-OH is 1. The van der Waals surface area contributed by atoms with Crippen molar-refractivity contribution in [2.45, 2.75) is 112 Å². The summed E-state index contributed by atoms with van der Waals surface area (Å²) in [5, 5.41) is 9.50. The summed E-state index contributed by atoms with van der Waals surface area (Å²) in [5.41, 5.74) is 3.06. The van der Waals surface area contributed by atoms with Gasteiger partial charge in [0.15, 0.2) is 0 Å². The van der Waals surface area contributed by atoms with Gasteiger partial charge in [0.25, 0.3) is 0 Å². The Morgan fingerprint density at radius 1 is 0.970 bits per heavy atom. The van der Waals surface area contributed by atoms with Gasteiger partial charge in [-0.15, -0.1) is 0 Å². The molecule has 2 heteroatoms. The van der Waals surface area contributed by atoms with E-state index in [1.54, 1.807) is 0 Å². The second-order valence-corrected chi connectivity index (χ2v) is 14.6. The molecule has 0 heterocycles. The van der Waals surface area contributed by atoms with Crippen molar-refractivity contribution in [1.29, 1.82) is 0 Å². The van der Waals surface area contributed by atoms with E-state index in [0.29, 0.717) is 33.4 Å². The highest BCUT2D eigenvalue weighted by molar-refractivity contribution is 5.86. The Morgan fingerprint density at radius 2 is 1.64 bits per heavy atom. The van der Waals surface area contributed by atoms with Gasteiger partial charge >= 0.3 is 0 Å². The molecule has 5 saturated carbocycles. The van der Waals surface area contributed by atoms with E-state index in [0.717, 1.165) is 30.6 Å². The third-order valence-corrected chi connectivity index (χ3v) is 13.5. The van der Waals surface area contributed by atoms with E-state index < -0.39 is 0 Å². The van der Waals surface area contributed by atoms with Gasteiger partial charge in [-0.1, -0.05) is 53.7 Å². The predicted octanol–water partition coefficient (Wildman–Crippen LogP) is 7.60. The van der Waals surface area contributed by atoms with Gasteiger partial charge in [0.2, 0.25) is 0 Å². The van der Waals surface area contributed by atoms with Crippen LogP contribution in [0.4, 0.5) is 0 Å². The van der Waals surface area contributed by atoms with E-state index in [4.69, 9.17) is 0 Å². The van der Waals surface area contributed by atoms with E-state index >= 15 is 0 Å². The lowest BCUT2D eigenvalue weighted by atomic mass is 9.42. The van der Waals surface area contributed by atoms with Gasteiger partial charge in [0.05, 0.1) is 0 Å². The van der Waals surface area contributed by atoms with Crippen LogP contribution in [0.1, 0.15) is 112 Å². The summed E-state index contributed by atoms with van der Waals surface area (Å²) in [6.45, 7) is 19.0. The third kappa shape index (κ3) is 2.91. The first-order chi connectivity index (χ1) is 15.4. The normalized spacial score (nSPS) is 49.3. The quantitative estimate of drug-likeness (QED) is 0.420. The summed E-state index contributed by atoms with van der Waals surface area (Å²) in [7, 11) is 0. The van der Waals surface area contributed by atoms with Crippen molar-refractivity contribution in [3.63, 3.8) is 0 Å². The average Bonchev–Trinajstić information content (AvgIpc) is 3.36. The fourth-order valence-electron chi connectivity index (χ4n) is 11.1. The molecule has 0 bridgehead atoms. The fraction of sp³-hybridized carbons (Fsp3) is 0.903. The van der Waals surface area contributed by atoms with Gasteiger partial charge in [-0.05, 0) is 115 Å². The number of aliphatic hydroxyl groups is 1. The lowest BCUT2D eigenvalue weighted by Gasteiger charge is -2.62. The van der Waals surface area contributed by atoms with Crippen LogP contribution in [-0.4, -0.2) is 17.5 Å². The summed E-state index contributed by atoms with van der Waals surface area (Å²) in [4.78, 5) is 12.9. The molecule has 5 fully saturated rings. The molecule has 186 valence electrons. The Labute approximate surface area is 203 Å². The summed E-state index contributed by atoms with van der Waals surface area (Å²) in [6, 6.07) is 0. The zero-order valence-corrected chi connectivity index (χ0v) is 22.4. The molecule has 2 nitrogen and oxygen atoms in total. The van der Waals surface area contributed by atoms with Crippen LogP contribution in [-0.2, 0) is 4.79 Å². The second-order valence-electron chi connectivity index (χ2n) is 14.6. The average molecular weight is 455 g/mol. The molecule has 9 atom stereocenters. The van der Waals surface area contributed by atoms with E-state index in [1.807, 2.05) is 0 Å². The maximum atomic E-state index is 12.9. The van der Waals surface area contributed by atoms with Crippen LogP contribution in [0.3, 0.4) is 0 Å². The number of ketones is 1. The zero-order chi connectivity index (χ0) is 24.0. The van der Waals surface area contributed by atoms with Crippen molar-refractivity contribution in [3.05, 3.63) is 12.2 Å². The number of hydrogen-bond acceptors (Lipinski definition) is 2. The molecule has 5 aliphatic rings. The number of Topliss-reactive ketones (excluding diaryl/α,β-unsaturated/α-hetero) is 1. The highest BCUT2D eigenvalue weighted by atomic mass is 16.3. The van der Waals surface area contributed by atoms with Crippen molar-refractivity contribution in [1.82, 2.24) is 0 Å². The third-order valence-electron chi connectivity index (χ3n) is 13.5. The van der Waals surface area contributed by atoms with Crippen LogP contribution >= 0.6 is 0 Å². The molecule has 0 aromatic rings. The summed E-state index contributed by atoms with van der Waals surface area (Å²) in [5.74, 6) is 3.80. The topological polar surface area (TPSA) is 37.3 Å². The standard InChI is InChI=1S/C31H50O2/c1-20(22(3)18-32)8-9-21(2)23-12-14-29(7)25-11-10-24-27(4,5)26(33)13-15-30(24)19-31(25,30)17-16-28(23,29)6/h21-25,32H,1,8-19H2,2-7H3/t21-,22-,23?,24?,25?,28-,29+,30-,31+/m1/s1. The molecule has 0 amide bonds. The smallest absolute Gasteiger partial charge is 0.138 e. The van der Waals surface area contributed by atoms with Crippen LogP contribution in [0, 0.1) is 56.7 Å². The van der Waals surface area contributed by atoms with Crippen LogP contribution in [0.25, 0.3) is 0 Å². The van der Waals surface area contributed by atoms with Gasteiger partial charge in [0, 0.05) is 18.4 Å². The van der Waals surface area contributed by atoms with Crippen LogP contribution < -0.4 is 0 Å².